The highest BCUT2D eigenvalue weighted by atomic mass is 32.1. The smallest absolute Gasteiger partial charge is 0.228 e. The fourth-order valence-corrected chi connectivity index (χ4v) is 4.37. The molecule has 3 rings (SSSR count). The quantitative estimate of drug-likeness (QED) is 0.893. The SMILES string of the molecule is CC(C)(C)[C@H]1CCc2c(sc(NC(=O)C3CC3)c2C#N)C1. The lowest BCUT2D eigenvalue weighted by atomic mass is 9.72. The first-order chi connectivity index (χ1) is 9.90. The molecule has 112 valence electrons. The number of nitrogens with one attached hydrogen (secondary N) is 1. The highest BCUT2D eigenvalue weighted by Gasteiger charge is 2.34. The molecular formula is C17H22N2OS. The molecule has 1 aromatic rings. The summed E-state index contributed by atoms with van der Waals surface area (Å²) in [7, 11) is 0. The van der Waals surface area contributed by atoms with Crippen LogP contribution in [0, 0.1) is 28.6 Å². The van der Waals surface area contributed by atoms with E-state index in [4.69, 9.17) is 0 Å². The van der Waals surface area contributed by atoms with Gasteiger partial charge in [0.2, 0.25) is 5.91 Å². The van der Waals surface area contributed by atoms with Crippen LogP contribution >= 0.6 is 11.3 Å². The van der Waals surface area contributed by atoms with E-state index < -0.39 is 0 Å². The van der Waals surface area contributed by atoms with Gasteiger partial charge < -0.3 is 5.32 Å². The first-order valence-corrected chi connectivity index (χ1v) is 8.57. The summed E-state index contributed by atoms with van der Waals surface area (Å²) in [5.74, 6) is 0.928. The number of hydrogen-bond acceptors (Lipinski definition) is 3. The van der Waals surface area contributed by atoms with Crippen LogP contribution in [-0.2, 0) is 17.6 Å². The van der Waals surface area contributed by atoms with Crippen LogP contribution in [0.2, 0.25) is 0 Å². The molecule has 21 heavy (non-hydrogen) atoms. The van der Waals surface area contributed by atoms with E-state index in [-0.39, 0.29) is 11.8 Å². The molecule has 0 unspecified atom stereocenters. The van der Waals surface area contributed by atoms with E-state index in [1.807, 2.05) is 0 Å². The molecule has 0 saturated heterocycles. The van der Waals surface area contributed by atoms with Gasteiger partial charge in [-0.2, -0.15) is 5.26 Å². The molecule has 0 aromatic carbocycles. The summed E-state index contributed by atoms with van der Waals surface area (Å²) in [6, 6.07) is 2.32. The lowest BCUT2D eigenvalue weighted by Crippen LogP contribution is -2.26. The summed E-state index contributed by atoms with van der Waals surface area (Å²) in [5, 5.41) is 13.2. The molecule has 1 amide bonds. The van der Waals surface area contributed by atoms with Crippen LogP contribution in [0.1, 0.15) is 56.0 Å². The molecule has 1 atom stereocenters. The van der Waals surface area contributed by atoms with Crippen LogP contribution in [0.25, 0.3) is 0 Å². The number of hydrogen-bond donors (Lipinski definition) is 1. The van der Waals surface area contributed by atoms with Crippen LogP contribution in [0.5, 0.6) is 0 Å². The highest BCUT2D eigenvalue weighted by molar-refractivity contribution is 7.16. The zero-order valence-corrected chi connectivity index (χ0v) is 13.8. The molecule has 0 bridgehead atoms. The van der Waals surface area contributed by atoms with Crippen LogP contribution in [0.15, 0.2) is 0 Å². The van der Waals surface area contributed by atoms with E-state index in [9.17, 15) is 10.1 Å². The fourth-order valence-electron chi connectivity index (χ4n) is 3.09. The number of carbonyl (C=O) groups excluding carboxylic acids is 1. The van der Waals surface area contributed by atoms with Crippen molar-refractivity contribution in [2.75, 3.05) is 5.32 Å². The standard InChI is InChI=1S/C17H22N2OS/c1-17(2,3)11-6-7-12-13(9-18)16(21-14(12)8-11)19-15(20)10-4-5-10/h10-11H,4-8H2,1-3H3,(H,19,20)/t11-/m0/s1. The lowest BCUT2D eigenvalue weighted by Gasteiger charge is -2.33. The third kappa shape index (κ3) is 2.85. The molecule has 1 heterocycles. The van der Waals surface area contributed by atoms with Gasteiger partial charge in [-0.3, -0.25) is 4.79 Å². The van der Waals surface area contributed by atoms with Crippen molar-refractivity contribution in [2.45, 2.75) is 52.9 Å². The fraction of sp³-hybridized carbons (Fsp3) is 0.647. The maximum absolute atomic E-state index is 12.0. The van der Waals surface area contributed by atoms with Crippen molar-refractivity contribution >= 4 is 22.2 Å². The van der Waals surface area contributed by atoms with Gasteiger partial charge >= 0.3 is 0 Å². The third-order valence-electron chi connectivity index (χ3n) is 4.79. The van der Waals surface area contributed by atoms with Gasteiger partial charge in [-0.25, -0.2) is 0 Å². The second-order valence-electron chi connectivity index (χ2n) is 7.39. The van der Waals surface area contributed by atoms with Crippen LogP contribution in [0.3, 0.4) is 0 Å². The van der Waals surface area contributed by atoms with Gasteiger partial charge in [0.25, 0.3) is 0 Å². The molecule has 0 radical (unpaired) electrons. The number of anilines is 1. The molecule has 0 aliphatic heterocycles. The first kappa shape index (κ1) is 14.6. The van der Waals surface area contributed by atoms with Crippen molar-refractivity contribution < 1.29 is 4.79 Å². The Hall–Kier alpha value is -1.34. The van der Waals surface area contributed by atoms with Gasteiger partial charge in [0.05, 0.1) is 5.56 Å². The molecular weight excluding hydrogens is 280 g/mol. The number of amides is 1. The van der Waals surface area contributed by atoms with E-state index in [0.717, 1.165) is 42.7 Å². The number of thiophene rings is 1. The minimum absolute atomic E-state index is 0.0949. The number of fused-ring (bicyclic) bond motifs is 1. The van der Waals surface area contributed by atoms with Crippen molar-refractivity contribution in [3.63, 3.8) is 0 Å². The Kier molecular flexibility index (Phi) is 3.57. The lowest BCUT2D eigenvalue weighted by molar-refractivity contribution is -0.117. The Morgan fingerprint density at radius 3 is 2.62 bits per heavy atom. The van der Waals surface area contributed by atoms with E-state index >= 15 is 0 Å². The van der Waals surface area contributed by atoms with Gasteiger partial charge in [0.1, 0.15) is 11.1 Å². The van der Waals surface area contributed by atoms with Gasteiger partial charge in [-0.15, -0.1) is 11.3 Å². The van der Waals surface area contributed by atoms with Crippen molar-refractivity contribution in [1.29, 1.82) is 5.26 Å². The Labute approximate surface area is 130 Å². The zero-order valence-electron chi connectivity index (χ0n) is 13.0. The Morgan fingerprint density at radius 1 is 1.33 bits per heavy atom. The van der Waals surface area contributed by atoms with Gasteiger partial charge in [-0.1, -0.05) is 20.8 Å². The highest BCUT2D eigenvalue weighted by Crippen LogP contribution is 2.44. The van der Waals surface area contributed by atoms with Gasteiger partial charge in [-0.05, 0) is 49.0 Å². The maximum Gasteiger partial charge on any atom is 0.228 e. The Morgan fingerprint density at radius 2 is 2.05 bits per heavy atom. The Balaban J connectivity index is 1.86. The summed E-state index contributed by atoms with van der Waals surface area (Å²) >= 11 is 1.63. The molecule has 1 aromatic heterocycles. The van der Waals surface area contributed by atoms with E-state index in [1.165, 1.54) is 10.4 Å². The molecule has 4 heteroatoms. The molecule has 2 aliphatic carbocycles. The number of carbonyl (C=O) groups is 1. The largest absolute Gasteiger partial charge is 0.316 e. The Bertz CT molecular complexity index is 614. The number of nitrogens with zero attached hydrogens (tertiary/aromatic N) is 1. The van der Waals surface area contributed by atoms with Gasteiger partial charge in [0.15, 0.2) is 0 Å². The third-order valence-corrected chi connectivity index (χ3v) is 5.96. The summed E-state index contributed by atoms with van der Waals surface area (Å²) in [6.07, 6.45) is 5.13. The number of rotatable bonds is 2. The second-order valence-corrected chi connectivity index (χ2v) is 8.49. The normalized spacial score (nSPS) is 21.5. The predicted octanol–water partition coefficient (Wildman–Crippen LogP) is 4.12. The predicted molar refractivity (Wildman–Crippen MR) is 85.4 cm³/mol. The summed E-state index contributed by atoms with van der Waals surface area (Å²) in [6.45, 7) is 6.87. The van der Waals surface area contributed by atoms with Crippen LogP contribution in [-0.4, -0.2) is 5.91 Å². The zero-order chi connectivity index (χ0) is 15.2. The minimum atomic E-state index is 0.0949. The molecule has 1 fully saturated rings. The monoisotopic (exact) mass is 302 g/mol. The average molecular weight is 302 g/mol. The maximum atomic E-state index is 12.0. The second kappa shape index (κ2) is 5.14. The van der Waals surface area contributed by atoms with Gasteiger partial charge in [0, 0.05) is 10.8 Å². The number of nitriles is 1. The van der Waals surface area contributed by atoms with Crippen molar-refractivity contribution in [3.05, 3.63) is 16.0 Å². The van der Waals surface area contributed by atoms with Crippen molar-refractivity contribution in [3.8, 4) is 6.07 Å². The summed E-state index contributed by atoms with van der Waals surface area (Å²) in [4.78, 5) is 13.3. The average Bonchev–Trinajstić information content (AvgIpc) is 3.19. The topological polar surface area (TPSA) is 52.9 Å². The minimum Gasteiger partial charge on any atom is -0.316 e. The van der Waals surface area contributed by atoms with Crippen LogP contribution in [0.4, 0.5) is 5.00 Å². The molecule has 2 aliphatic rings. The van der Waals surface area contributed by atoms with E-state index in [0.29, 0.717) is 11.3 Å². The summed E-state index contributed by atoms with van der Waals surface area (Å²) < 4.78 is 0. The van der Waals surface area contributed by atoms with E-state index in [2.05, 4.69) is 32.2 Å². The molecule has 0 spiro atoms. The molecule has 3 nitrogen and oxygen atoms in total. The van der Waals surface area contributed by atoms with Crippen molar-refractivity contribution in [1.82, 2.24) is 0 Å². The van der Waals surface area contributed by atoms with Crippen LogP contribution < -0.4 is 5.32 Å². The van der Waals surface area contributed by atoms with Crippen molar-refractivity contribution in [2.24, 2.45) is 17.3 Å². The molecule has 1 saturated carbocycles. The summed E-state index contributed by atoms with van der Waals surface area (Å²) in [5.41, 5.74) is 2.21. The molecule has 1 N–H and O–H groups in total. The van der Waals surface area contributed by atoms with E-state index in [1.54, 1.807) is 11.3 Å². The first-order valence-electron chi connectivity index (χ1n) is 7.75.